The number of pyridine rings is 1. The molecular weight excluding hydrogens is 391 g/mol. The zero-order valence-corrected chi connectivity index (χ0v) is 15.5. The summed E-state index contributed by atoms with van der Waals surface area (Å²) >= 11 is 0. The van der Waals surface area contributed by atoms with E-state index in [1.54, 1.807) is 14.2 Å². The highest BCUT2D eigenvalue weighted by Gasteiger charge is 2.06. The van der Waals surface area contributed by atoms with Gasteiger partial charge in [-0.05, 0) is 18.6 Å². The third-order valence-electron chi connectivity index (χ3n) is 3.19. The highest BCUT2D eigenvalue weighted by molar-refractivity contribution is 14.0. The standard InChI is InChI=1S/C16H22N4O.HI/c1-12(11-21-3)20-16(17-2)19-10-14-7-4-6-13-8-5-9-18-15(13)14;/h4-9,12H,10-11H2,1-3H3,(H2,17,19,20);1H. The second kappa shape index (κ2) is 9.58. The summed E-state index contributed by atoms with van der Waals surface area (Å²) in [6.07, 6.45) is 1.82. The third kappa shape index (κ3) is 5.10. The Hall–Kier alpha value is -1.41. The van der Waals surface area contributed by atoms with Gasteiger partial charge in [-0.2, -0.15) is 0 Å². The maximum Gasteiger partial charge on any atom is 0.191 e. The van der Waals surface area contributed by atoms with Gasteiger partial charge in [-0.1, -0.05) is 24.3 Å². The molecule has 0 saturated carbocycles. The van der Waals surface area contributed by atoms with Crippen molar-refractivity contribution in [3.63, 3.8) is 0 Å². The number of benzene rings is 1. The molecule has 1 aromatic heterocycles. The highest BCUT2D eigenvalue weighted by Crippen LogP contribution is 2.15. The third-order valence-corrected chi connectivity index (χ3v) is 3.19. The Labute approximate surface area is 148 Å². The Balaban J connectivity index is 0.00000242. The lowest BCUT2D eigenvalue weighted by Crippen LogP contribution is -2.43. The second-order valence-electron chi connectivity index (χ2n) is 4.92. The van der Waals surface area contributed by atoms with Gasteiger partial charge in [-0.15, -0.1) is 24.0 Å². The number of aliphatic imine (C=N–C) groups is 1. The molecule has 1 atom stereocenters. The smallest absolute Gasteiger partial charge is 0.191 e. The number of aromatic nitrogens is 1. The first kappa shape index (κ1) is 18.6. The number of nitrogens with one attached hydrogen (secondary N) is 2. The normalized spacial score (nSPS) is 12.6. The van der Waals surface area contributed by atoms with Crippen LogP contribution in [0.4, 0.5) is 0 Å². The molecular formula is C16H23IN4O. The number of hydrogen-bond acceptors (Lipinski definition) is 3. The average Bonchev–Trinajstić information content (AvgIpc) is 2.51. The van der Waals surface area contributed by atoms with Crippen molar-refractivity contribution < 1.29 is 4.74 Å². The molecule has 0 aliphatic rings. The Kier molecular flexibility index (Phi) is 8.11. The van der Waals surface area contributed by atoms with Crippen LogP contribution in [0.15, 0.2) is 41.5 Å². The molecule has 0 fully saturated rings. The largest absolute Gasteiger partial charge is 0.383 e. The fourth-order valence-electron chi connectivity index (χ4n) is 2.21. The number of methoxy groups -OCH3 is 1. The fraction of sp³-hybridized carbons (Fsp3) is 0.375. The summed E-state index contributed by atoms with van der Waals surface area (Å²) < 4.78 is 5.11. The first-order valence-corrected chi connectivity index (χ1v) is 7.03. The molecule has 2 rings (SSSR count). The predicted octanol–water partition coefficient (Wildman–Crippen LogP) is 2.55. The van der Waals surface area contributed by atoms with Crippen LogP contribution < -0.4 is 10.6 Å². The lowest BCUT2D eigenvalue weighted by atomic mass is 10.1. The zero-order valence-electron chi connectivity index (χ0n) is 13.2. The van der Waals surface area contributed by atoms with Gasteiger partial charge in [0.05, 0.1) is 12.1 Å². The molecule has 1 heterocycles. The van der Waals surface area contributed by atoms with E-state index in [0.29, 0.717) is 13.2 Å². The first-order valence-electron chi connectivity index (χ1n) is 7.03. The quantitative estimate of drug-likeness (QED) is 0.449. The molecule has 0 radical (unpaired) electrons. The van der Waals surface area contributed by atoms with Gasteiger partial charge in [0.2, 0.25) is 0 Å². The van der Waals surface area contributed by atoms with E-state index in [2.05, 4.69) is 45.7 Å². The van der Waals surface area contributed by atoms with Crippen molar-refractivity contribution in [3.05, 3.63) is 42.1 Å². The van der Waals surface area contributed by atoms with Crippen molar-refractivity contribution >= 4 is 40.8 Å². The fourth-order valence-corrected chi connectivity index (χ4v) is 2.21. The lowest BCUT2D eigenvalue weighted by Gasteiger charge is -2.17. The Morgan fingerprint density at radius 3 is 2.82 bits per heavy atom. The molecule has 0 amide bonds. The minimum absolute atomic E-state index is 0. The number of rotatable bonds is 5. The summed E-state index contributed by atoms with van der Waals surface area (Å²) in [5.74, 6) is 0.757. The molecule has 1 aromatic carbocycles. The van der Waals surface area contributed by atoms with E-state index in [1.165, 1.54) is 0 Å². The molecule has 0 bridgehead atoms. The number of fused-ring (bicyclic) bond motifs is 1. The van der Waals surface area contributed by atoms with Gasteiger partial charge < -0.3 is 15.4 Å². The molecule has 5 nitrogen and oxygen atoms in total. The van der Waals surface area contributed by atoms with Crippen LogP contribution in [0, 0.1) is 0 Å². The van der Waals surface area contributed by atoms with Crippen molar-refractivity contribution in [2.45, 2.75) is 19.5 Å². The zero-order chi connectivity index (χ0) is 15.1. The minimum atomic E-state index is 0. The minimum Gasteiger partial charge on any atom is -0.383 e. The predicted molar refractivity (Wildman–Crippen MR) is 102 cm³/mol. The molecule has 120 valence electrons. The van der Waals surface area contributed by atoms with Gasteiger partial charge in [0.15, 0.2) is 5.96 Å². The van der Waals surface area contributed by atoms with E-state index in [0.717, 1.165) is 22.4 Å². The summed E-state index contributed by atoms with van der Waals surface area (Å²) in [5, 5.41) is 7.74. The molecule has 0 aliphatic heterocycles. The summed E-state index contributed by atoms with van der Waals surface area (Å²) in [4.78, 5) is 8.68. The number of hydrogen-bond donors (Lipinski definition) is 2. The summed E-state index contributed by atoms with van der Waals surface area (Å²) in [6, 6.07) is 10.4. The van der Waals surface area contributed by atoms with Gasteiger partial charge in [0.1, 0.15) is 0 Å². The molecule has 0 saturated heterocycles. The molecule has 22 heavy (non-hydrogen) atoms. The SMILES string of the molecule is CN=C(NCc1cccc2cccnc12)NC(C)COC.I. The Morgan fingerprint density at radius 2 is 2.09 bits per heavy atom. The Morgan fingerprint density at radius 1 is 1.32 bits per heavy atom. The van der Waals surface area contributed by atoms with Gasteiger partial charge in [0, 0.05) is 38.3 Å². The van der Waals surface area contributed by atoms with E-state index >= 15 is 0 Å². The van der Waals surface area contributed by atoms with Crippen LogP contribution in [-0.2, 0) is 11.3 Å². The summed E-state index contributed by atoms with van der Waals surface area (Å²) in [7, 11) is 3.45. The van der Waals surface area contributed by atoms with Crippen LogP contribution in [0.3, 0.4) is 0 Å². The maximum atomic E-state index is 5.11. The number of ether oxygens (including phenoxy) is 1. The molecule has 2 N–H and O–H groups in total. The summed E-state index contributed by atoms with van der Waals surface area (Å²) in [5.41, 5.74) is 2.17. The van der Waals surface area contributed by atoms with Crippen molar-refractivity contribution in [2.75, 3.05) is 20.8 Å². The number of halogens is 1. The monoisotopic (exact) mass is 414 g/mol. The van der Waals surface area contributed by atoms with E-state index in [-0.39, 0.29) is 30.0 Å². The van der Waals surface area contributed by atoms with Gasteiger partial charge in [-0.3, -0.25) is 9.98 Å². The molecule has 1 unspecified atom stereocenters. The van der Waals surface area contributed by atoms with E-state index in [4.69, 9.17) is 4.74 Å². The number of para-hydroxylation sites is 1. The topological polar surface area (TPSA) is 58.5 Å². The van der Waals surface area contributed by atoms with Crippen molar-refractivity contribution in [3.8, 4) is 0 Å². The maximum absolute atomic E-state index is 5.11. The second-order valence-corrected chi connectivity index (χ2v) is 4.92. The van der Waals surface area contributed by atoms with Crippen LogP contribution in [0.5, 0.6) is 0 Å². The van der Waals surface area contributed by atoms with E-state index in [9.17, 15) is 0 Å². The van der Waals surface area contributed by atoms with Gasteiger partial charge >= 0.3 is 0 Å². The van der Waals surface area contributed by atoms with Crippen molar-refractivity contribution in [1.82, 2.24) is 15.6 Å². The molecule has 6 heteroatoms. The van der Waals surface area contributed by atoms with Crippen molar-refractivity contribution in [2.24, 2.45) is 4.99 Å². The number of nitrogens with zero attached hydrogens (tertiary/aromatic N) is 2. The lowest BCUT2D eigenvalue weighted by molar-refractivity contribution is 0.179. The van der Waals surface area contributed by atoms with Crippen LogP contribution >= 0.6 is 24.0 Å². The van der Waals surface area contributed by atoms with E-state index < -0.39 is 0 Å². The van der Waals surface area contributed by atoms with E-state index in [1.807, 2.05) is 18.3 Å². The Bertz CT molecular complexity index is 613. The van der Waals surface area contributed by atoms with Gasteiger partial charge in [0.25, 0.3) is 0 Å². The molecule has 2 aromatic rings. The van der Waals surface area contributed by atoms with Crippen molar-refractivity contribution in [1.29, 1.82) is 0 Å². The van der Waals surface area contributed by atoms with Crippen LogP contribution in [0.25, 0.3) is 10.9 Å². The van der Waals surface area contributed by atoms with Gasteiger partial charge in [-0.25, -0.2) is 0 Å². The highest BCUT2D eigenvalue weighted by atomic mass is 127. The average molecular weight is 414 g/mol. The van der Waals surface area contributed by atoms with Crippen LogP contribution in [-0.4, -0.2) is 37.7 Å². The van der Waals surface area contributed by atoms with Crippen LogP contribution in [0.2, 0.25) is 0 Å². The van der Waals surface area contributed by atoms with Crippen LogP contribution in [0.1, 0.15) is 12.5 Å². The first-order chi connectivity index (χ1) is 10.2. The molecule has 0 aliphatic carbocycles. The number of guanidine groups is 1. The summed E-state index contributed by atoms with van der Waals surface area (Å²) in [6.45, 7) is 3.36. The molecule has 0 spiro atoms.